The van der Waals surface area contributed by atoms with E-state index < -0.39 is 24.3 Å². The SMILES string of the molecule is C/C=C/C(C#N)(CF)NC(=O)C(F)(F)F. The lowest BCUT2D eigenvalue weighted by molar-refractivity contribution is -0.174. The van der Waals surface area contributed by atoms with E-state index >= 15 is 0 Å². The Balaban J connectivity index is 4.87. The summed E-state index contributed by atoms with van der Waals surface area (Å²) in [6.45, 7) is -0.0445. The van der Waals surface area contributed by atoms with Gasteiger partial charge in [-0.2, -0.15) is 18.4 Å². The molecule has 3 nitrogen and oxygen atoms in total. The molecule has 0 aliphatic heterocycles. The molecular formula is C8H8F4N2O. The number of nitrogens with zero attached hydrogens (tertiary/aromatic N) is 1. The number of halogens is 4. The molecule has 15 heavy (non-hydrogen) atoms. The summed E-state index contributed by atoms with van der Waals surface area (Å²) in [6, 6.07) is 1.28. The normalized spacial score (nSPS) is 15.7. The summed E-state index contributed by atoms with van der Waals surface area (Å²) < 4.78 is 47.9. The highest BCUT2D eigenvalue weighted by Gasteiger charge is 2.43. The van der Waals surface area contributed by atoms with E-state index in [1.165, 1.54) is 24.4 Å². The van der Waals surface area contributed by atoms with Gasteiger partial charge in [-0.3, -0.25) is 4.79 Å². The van der Waals surface area contributed by atoms with Crippen molar-refractivity contribution < 1.29 is 22.4 Å². The molecule has 0 rings (SSSR count). The van der Waals surface area contributed by atoms with E-state index in [-0.39, 0.29) is 0 Å². The lowest BCUT2D eigenvalue weighted by Crippen LogP contribution is -2.52. The first kappa shape index (κ1) is 13.4. The Labute approximate surface area is 83.4 Å². The van der Waals surface area contributed by atoms with E-state index in [9.17, 15) is 22.4 Å². The van der Waals surface area contributed by atoms with Crippen LogP contribution in [-0.4, -0.2) is 24.3 Å². The second kappa shape index (κ2) is 4.77. The van der Waals surface area contributed by atoms with Crippen LogP contribution in [0.15, 0.2) is 12.2 Å². The van der Waals surface area contributed by atoms with Crippen LogP contribution in [0.1, 0.15) is 6.92 Å². The van der Waals surface area contributed by atoms with Crippen molar-refractivity contribution in [3.8, 4) is 6.07 Å². The van der Waals surface area contributed by atoms with E-state index in [2.05, 4.69) is 0 Å². The fourth-order valence-electron chi connectivity index (χ4n) is 0.773. The van der Waals surface area contributed by atoms with Crippen molar-refractivity contribution in [3.63, 3.8) is 0 Å². The van der Waals surface area contributed by atoms with Gasteiger partial charge in [-0.15, -0.1) is 0 Å². The van der Waals surface area contributed by atoms with Crippen LogP contribution in [0.2, 0.25) is 0 Å². The van der Waals surface area contributed by atoms with Gasteiger partial charge in [-0.05, 0) is 13.0 Å². The van der Waals surface area contributed by atoms with Gasteiger partial charge in [0.2, 0.25) is 0 Å². The third kappa shape index (κ3) is 3.58. The molecule has 1 N–H and O–H groups in total. The van der Waals surface area contributed by atoms with Gasteiger partial charge in [0.15, 0.2) is 5.54 Å². The van der Waals surface area contributed by atoms with E-state index in [1.54, 1.807) is 0 Å². The van der Waals surface area contributed by atoms with Crippen molar-refractivity contribution in [3.05, 3.63) is 12.2 Å². The van der Waals surface area contributed by atoms with E-state index in [0.29, 0.717) is 0 Å². The molecule has 84 valence electrons. The number of allylic oxidation sites excluding steroid dienone is 1. The number of carbonyl (C=O) groups is 1. The summed E-state index contributed by atoms with van der Waals surface area (Å²) in [5.74, 6) is -2.35. The molecule has 1 amide bonds. The maximum Gasteiger partial charge on any atom is 0.471 e. The van der Waals surface area contributed by atoms with Crippen LogP contribution in [0.4, 0.5) is 17.6 Å². The zero-order valence-corrected chi connectivity index (χ0v) is 7.73. The van der Waals surface area contributed by atoms with Crippen LogP contribution in [0, 0.1) is 11.3 Å². The van der Waals surface area contributed by atoms with Crippen LogP contribution in [-0.2, 0) is 4.79 Å². The van der Waals surface area contributed by atoms with Crippen LogP contribution >= 0.6 is 0 Å². The van der Waals surface area contributed by atoms with E-state index in [1.807, 2.05) is 0 Å². The van der Waals surface area contributed by atoms with Gasteiger partial charge in [0.05, 0.1) is 6.07 Å². The molecule has 0 aromatic carbocycles. The van der Waals surface area contributed by atoms with Crippen LogP contribution in [0.3, 0.4) is 0 Å². The Morgan fingerprint density at radius 3 is 2.33 bits per heavy atom. The highest BCUT2D eigenvalue weighted by molar-refractivity contribution is 5.83. The standard InChI is InChI=1S/C8H8F4N2O/c1-2-3-7(4-9,5-13)14-6(15)8(10,11)12/h2-3H,4H2,1H3,(H,14,15)/b3-2+. The zero-order valence-electron chi connectivity index (χ0n) is 7.73. The van der Waals surface area contributed by atoms with Crippen LogP contribution < -0.4 is 5.32 Å². The molecule has 0 spiro atoms. The van der Waals surface area contributed by atoms with Crippen molar-refractivity contribution in [1.29, 1.82) is 5.26 Å². The molecule has 0 aliphatic carbocycles. The Hall–Kier alpha value is -1.58. The molecule has 0 saturated carbocycles. The van der Waals surface area contributed by atoms with Gasteiger partial charge >= 0.3 is 12.1 Å². The molecule has 7 heteroatoms. The molecule has 0 aromatic heterocycles. The third-order valence-electron chi connectivity index (χ3n) is 1.46. The Morgan fingerprint density at radius 1 is 1.53 bits per heavy atom. The summed E-state index contributed by atoms with van der Waals surface area (Å²) in [4.78, 5) is 10.5. The molecular weight excluding hydrogens is 216 g/mol. The maximum atomic E-state index is 12.4. The smallest absolute Gasteiger partial charge is 0.325 e. The minimum Gasteiger partial charge on any atom is -0.325 e. The molecule has 0 heterocycles. The predicted molar refractivity (Wildman–Crippen MR) is 43.3 cm³/mol. The second-order valence-corrected chi connectivity index (χ2v) is 2.67. The molecule has 0 radical (unpaired) electrons. The minimum absolute atomic E-state index is 0.858. The number of nitriles is 1. The van der Waals surface area contributed by atoms with Crippen molar-refractivity contribution in [2.75, 3.05) is 6.67 Å². The number of carbonyl (C=O) groups excluding carboxylic acids is 1. The van der Waals surface area contributed by atoms with Gasteiger partial charge in [0.25, 0.3) is 0 Å². The summed E-state index contributed by atoms with van der Waals surface area (Å²) in [6.07, 6.45) is -3.10. The first-order valence-corrected chi connectivity index (χ1v) is 3.81. The summed E-state index contributed by atoms with van der Waals surface area (Å²) in [7, 11) is 0. The molecule has 0 bridgehead atoms. The molecule has 0 aliphatic rings. The number of alkyl halides is 4. The van der Waals surface area contributed by atoms with Crippen molar-refractivity contribution >= 4 is 5.91 Å². The van der Waals surface area contributed by atoms with Gasteiger partial charge in [-0.1, -0.05) is 6.08 Å². The van der Waals surface area contributed by atoms with E-state index in [4.69, 9.17) is 5.26 Å². The molecule has 1 atom stereocenters. The van der Waals surface area contributed by atoms with Crippen LogP contribution in [0.5, 0.6) is 0 Å². The highest BCUT2D eigenvalue weighted by Crippen LogP contribution is 2.17. The first-order valence-electron chi connectivity index (χ1n) is 3.81. The lowest BCUT2D eigenvalue weighted by Gasteiger charge is -2.21. The molecule has 0 fully saturated rings. The Bertz CT molecular complexity index is 305. The number of amides is 1. The summed E-state index contributed by atoms with van der Waals surface area (Å²) in [5, 5.41) is 9.78. The predicted octanol–water partition coefficient (Wildman–Crippen LogP) is 1.47. The van der Waals surface area contributed by atoms with Gasteiger partial charge in [-0.25, -0.2) is 4.39 Å². The number of hydrogen-bond donors (Lipinski definition) is 1. The molecule has 0 aromatic rings. The highest BCUT2D eigenvalue weighted by atomic mass is 19.4. The van der Waals surface area contributed by atoms with Crippen molar-refractivity contribution in [2.24, 2.45) is 0 Å². The summed E-state index contributed by atoms with van der Waals surface area (Å²) in [5.41, 5.74) is -2.25. The largest absolute Gasteiger partial charge is 0.471 e. The Kier molecular flexibility index (Phi) is 4.27. The molecule has 1 unspecified atom stereocenters. The topological polar surface area (TPSA) is 52.9 Å². The van der Waals surface area contributed by atoms with Gasteiger partial charge < -0.3 is 5.32 Å². The molecule has 0 saturated heterocycles. The maximum absolute atomic E-state index is 12.4. The second-order valence-electron chi connectivity index (χ2n) is 2.67. The average Bonchev–Trinajstić information content (AvgIpc) is 2.15. The van der Waals surface area contributed by atoms with Crippen LogP contribution in [0.25, 0.3) is 0 Å². The number of hydrogen-bond acceptors (Lipinski definition) is 2. The zero-order chi connectivity index (χ0) is 12.1. The van der Waals surface area contributed by atoms with Gasteiger partial charge in [0.1, 0.15) is 6.67 Å². The number of rotatable bonds is 3. The summed E-state index contributed by atoms with van der Waals surface area (Å²) >= 11 is 0. The fourth-order valence-corrected chi connectivity index (χ4v) is 0.773. The van der Waals surface area contributed by atoms with Crippen molar-refractivity contribution in [1.82, 2.24) is 5.32 Å². The van der Waals surface area contributed by atoms with Crippen molar-refractivity contribution in [2.45, 2.75) is 18.6 Å². The average molecular weight is 224 g/mol. The number of nitrogens with one attached hydrogen (secondary N) is 1. The first-order chi connectivity index (χ1) is 6.81. The third-order valence-corrected chi connectivity index (χ3v) is 1.46. The monoisotopic (exact) mass is 224 g/mol. The fraction of sp³-hybridized carbons (Fsp3) is 0.500. The quantitative estimate of drug-likeness (QED) is 0.583. The van der Waals surface area contributed by atoms with Gasteiger partial charge in [0, 0.05) is 0 Å². The Morgan fingerprint density at radius 2 is 2.07 bits per heavy atom. The lowest BCUT2D eigenvalue weighted by atomic mass is 10.0. The van der Waals surface area contributed by atoms with E-state index in [0.717, 1.165) is 6.08 Å². The minimum atomic E-state index is -5.14.